The molecule has 0 aliphatic heterocycles. The number of carbonyl (C=O) groups excluding carboxylic acids is 3. The van der Waals surface area contributed by atoms with Gasteiger partial charge in [-0.25, -0.2) is 10.3 Å². The van der Waals surface area contributed by atoms with Crippen LogP contribution >= 0.6 is 0 Å². The predicted molar refractivity (Wildman–Crippen MR) is 121 cm³/mol. The zero-order chi connectivity index (χ0) is 23.7. The standard InChI is InChI=1S/C23H36N4O5/c1-23(2,3)20(25-22(30)24-17-11-7-8-12-18(17)32-4)21(29)27(15-19(28)26-31)14-13-16-9-5-6-10-16/h7-8,11-12,16,20,31H,5-6,9-10,13-15H2,1-4H3,(H,26,28)(H2,24,25,30). The van der Waals surface area contributed by atoms with E-state index in [0.717, 1.165) is 19.3 Å². The largest absolute Gasteiger partial charge is 0.495 e. The van der Waals surface area contributed by atoms with Gasteiger partial charge >= 0.3 is 6.03 Å². The third kappa shape index (κ3) is 7.40. The van der Waals surface area contributed by atoms with Gasteiger partial charge in [0.2, 0.25) is 5.91 Å². The SMILES string of the molecule is COc1ccccc1NC(=O)NC(C(=O)N(CCC1CCCC1)CC(=O)NO)C(C)(C)C. The van der Waals surface area contributed by atoms with Crippen molar-refractivity contribution in [1.82, 2.24) is 15.7 Å². The lowest BCUT2D eigenvalue weighted by molar-refractivity contribution is -0.142. The number of hydroxylamine groups is 1. The Morgan fingerprint density at radius 1 is 1.19 bits per heavy atom. The lowest BCUT2D eigenvalue weighted by Crippen LogP contribution is -2.57. The number of anilines is 1. The van der Waals surface area contributed by atoms with Crippen molar-refractivity contribution in [2.24, 2.45) is 11.3 Å². The second-order valence-corrected chi connectivity index (χ2v) is 9.33. The van der Waals surface area contributed by atoms with Gasteiger partial charge in [-0.15, -0.1) is 0 Å². The minimum atomic E-state index is -0.882. The molecule has 1 unspecified atom stereocenters. The summed E-state index contributed by atoms with van der Waals surface area (Å²) in [6.07, 6.45) is 5.40. The third-order valence-corrected chi connectivity index (χ3v) is 5.80. The van der Waals surface area contributed by atoms with Crippen molar-refractivity contribution in [2.75, 3.05) is 25.5 Å². The average Bonchev–Trinajstić information content (AvgIpc) is 3.27. The van der Waals surface area contributed by atoms with Gasteiger partial charge in [0.1, 0.15) is 18.3 Å². The molecule has 178 valence electrons. The molecular formula is C23H36N4O5. The number of amides is 4. The Bertz CT molecular complexity index is 787. The van der Waals surface area contributed by atoms with Crippen molar-refractivity contribution in [3.63, 3.8) is 0 Å². The summed E-state index contributed by atoms with van der Waals surface area (Å²) in [7, 11) is 1.51. The average molecular weight is 449 g/mol. The van der Waals surface area contributed by atoms with E-state index in [1.165, 1.54) is 24.9 Å². The van der Waals surface area contributed by atoms with Crippen LogP contribution in [0, 0.1) is 11.3 Å². The van der Waals surface area contributed by atoms with Crippen molar-refractivity contribution in [3.8, 4) is 5.75 Å². The number of methoxy groups -OCH3 is 1. The van der Waals surface area contributed by atoms with E-state index < -0.39 is 23.4 Å². The maximum Gasteiger partial charge on any atom is 0.320 e. The van der Waals surface area contributed by atoms with Crippen LogP contribution in [0.1, 0.15) is 52.9 Å². The van der Waals surface area contributed by atoms with E-state index in [9.17, 15) is 14.4 Å². The van der Waals surface area contributed by atoms with E-state index in [-0.39, 0.29) is 12.5 Å². The monoisotopic (exact) mass is 448 g/mol. The molecule has 1 aromatic carbocycles. The van der Waals surface area contributed by atoms with Crippen LogP contribution in [0.15, 0.2) is 24.3 Å². The molecule has 0 heterocycles. The van der Waals surface area contributed by atoms with Crippen molar-refractivity contribution < 1.29 is 24.3 Å². The normalized spacial score (nSPS) is 15.0. The fourth-order valence-electron chi connectivity index (χ4n) is 3.98. The summed E-state index contributed by atoms with van der Waals surface area (Å²) in [6, 6.07) is 5.55. The van der Waals surface area contributed by atoms with Crippen LogP contribution in [0.4, 0.5) is 10.5 Å². The Morgan fingerprint density at radius 2 is 1.84 bits per heavy atom. The van der Waals surface area contributed by atoms with E-state index in [1.54, 1.807) is 29.7 Å². The molecule has 1 fully saturated rings. The van der Waals surface area contributed by atoms with Gasteiger partial charge in [-0.2, -0.15) is 0 Å². The first-order valence-corrected chi connectivity index (χ1v) is 11.1. The number of para-hydroxylation sites is 2. The molecule has 1 aliphatic rings. The first-order chi connectivity index (χ1) is 15.2. The molecule has 1 aliphatic carbocycles. The molecular weight excluding hydrogens is 412 g/mol. The minimum Gasteiger partial charge on any atom is -0.495 e. The van der Waals surface area contributed by atoms with Gasteiger partial charge in [0, 0.05) is 6.54 Å². The van der Waals surface area contributed by atoms with Crippen molar-refractivity contribution in [3.05, 3.63) is 24.3 Å². The Morgan fingerprint density at radius 3 is 2.44 bits per heavy atom. The molecule has 0 radical (unpaired) electrons. The number of nitrogens with zero attached hydrogens (tertiary/aromatic N) is 1. The highest BCUT2D eigenvalue weighted by molar-refractivity contribution is 5.95. The van der Waals surface area contributed by atoms with Crippen molar-refractivity contribution >= 4 is 23.5 Å². The van der Waals surface area contributed by atoms with Gasteiger partial charge < -0.3 is 20.3 Å². The number of nitrogens with one attached hydrogen (secondary N) is 3. The predicted octanol–water partition coefficient (Wildman–Crippen LogP) is 3.15. The van der Waals surface area contributed by atoms with Gasteiger partial charge in [-0.1, -0.05) is 58.6 Å². The Labute approximate surface area is 189 Å². The molecule has 1 saturated carbocycles. The van der Waals surface area contributed by atoms with Gasteiger partial charge in [0.15, 0.2) is 0 Å². The van der Waals surface area contributed by atoms with Crippen LogP contribution < -0.4 is 20.9 Å². The molecule has 2 rings (SSSR count). The highest BCUT2D eigenvalue weighted by Crippen LogP contribution is 2.28. The molecule has 1 atom stereocenters. The summed E-state index contributed by atoms with van der Waals surface area (Å²) in [5, 5.41) is 14.5. The first-order valence-electron chi connectivity index (χ1n) is 11.1. The molecule has 0 aromatic heterocycles. The molecule has 4 N–H and O–H groups in total. The summed E-state index contributed by atoms with van der Waals surface area (Å²) < 4.78 is 5.26. The second-order valence-electron chi connectivity index (χ2n) is 9.33. The van der Waals surface area contributed by atoms with Crippen LogP contribution in [0.25, 0.3) is 0 Å². The summed E-state index contributed by atoms with van der Waals surface area (Å²) in [4.78, 5) is 39.5. The molecule has 0 saturated heterocycles. The van der Waals surface area contributed by atoms with E-state index in [2.05, 4.69) is 10.6 Å². The van der Waals surface area contributed by atoms with Crippen LogP contribution in [0.2, 0.25) is 0 Å². The summed E-state index contributed by atoms with van der Waals surface area (Å²) >= 11 is 0. The first kappa shape index (κ1) is 25.5. The summed E-state index contributed by atoms with van der Waals surface area (Å²) in [5.74, 6) is -0.0124. The zero-order valence-corrected chi connectivity index (χ0v) is 19.4. The molecule has 4 amide bonds. The van der Waals surface area contributed by atoms with E-state index in [4.69, 9.17) is 9.94 Å². The smallest absolute Gasteiger partial charge is 0.320 e. The number of ether oxygens (including phenoxy) is 1. The highest BCUT2D eigenvalue weighted by atomic mass is 16.5. The van der Waals surface area contributed by atoms with Crippen LogP contribution in [0.3, 0.4) is 0 Å². The number of hydrogen-bond acceptors (Lipinski definition) is 5. The molecule has 9 heteroatoms. The molecule has 0 spiro atoms. The van der Waals surface area contributed by atoms with Crippen molar-refractivity contribution in [2.45, 2.75) is 58.9 Å². The van der Waals surface area contributed by atoms with E-state index in [1.807, 2.05) is 20.8 Å². The Balaban J connectivity index is 2.14. The molecule has 9 nitrogen and oxygen atoms in total. The van der Waals surface area contributed by atoms with Gasteiger partial charge in [0.05, 0.1) is 12.8 Å². The number of carbonyl (C=O) groups is 3. The molecule has 1 aromatic rings. The van der Waals surface area contributed by atoms with Crippen molar-refractivity contribution in [1.29, 1.82) is 0 Å². The number of benzene rings is 1. The number of hydrogen-bond donors (Lipinski definition) is 4. The molecule has 0 bridgehead atoms. The zero-order valence-electron chi connectivity index (χ0n) is 19.4. The highest BCUT2D eigenvalue weighted by Gasteiger charge is 2.36. The summed E-state index contributed by atoms with van der Waals surface area (Å²) in [6.45, 7) is 5.66. The van der Waals surface area contributed by atoms with E-state index in [0.29, 0.717) is 23.9 Å². The lowest BCUT2D eigenvalue weighted by Gasteiger charge is -2.35. The minimum absolute atomic E-state index is 0.273. The number of urea groups is 1. The second kappa shape index (κ2) is 11.7. The lowest BCUT2D eigenvalue weighted by atomic mass is 9.85. The summed E-state index contributed by atoms with van der Waals surface area (Å²) in [5.41, 5.74) is 1.46. The molecule has 32 heavy (non-hydrogen) atoms. The van der Waals surface area contributed by atoms with Crippen LogP contribution in [-0.4, -0.2) is 54.2 Å². The quantitative estimate of drug-likeness (QED) is 0.342. The fourth-order valence-corrected chi connectivity index (χ4v) is 3.98. The fraction of sp³-hybridized carbons (Fsp3) is 0.609. The van der Waals surface area contributed by atoms with E-state index >= 15 is 0 Å². The maximum atomic E-state index is 13.5. The van der Waals surface area contributed by atoms with Gasteiger partial charge in [-0.05, 0) is 29.9 Å². The van der Waals surface area contributed by atoms with Gasteiger partial charge in [-0.3, -0.25) is 14.8 Å². The maximum absolute atomic E-state index is 13.5. The topological polar surface area (TPSA) is 120 Å². The Kier molecular flexibility index (Phi) is 9.31. The third-order valence-electron chi connectivity index (χ3n) is 5.80. The van der Waals surface area contributed by atoms with Crippen LogP contribution in [-0.2, 0) is 9.59 Å². The number of rotatable bonds is 9. The Hall–Kier alpha value is -2.81. The van der Waals surface area contributed by atoms with Crippen LogP contribution in [0.5, 0.6) is 5.75 Å². The van der Waals surface area contributed by atoms with Gasteiger partial charge in [0.25, 0.3) is 5.91 Å².